The Balaban J connectivity index is 2.25. The van der Waals surface area contributed by atoms with Crippen LogP contribution in [0.5, 0.6) is 0 Å². The van der Waals surface area contributed by atoms with Gasteiger partial charge >= 0.3 is 0 Å². The number of nitrogens with two attached hydrogens (primary N) is 1. The van der Waals surface area contributed by atoms with Gasteiger partial charge < -0.3 is 10.8 Å². The fourth-order valence-electron chi connectivity index (χ4n) is 2.64. The Hall–Kier alpha value is -0.420. The zero-order chi connectivity index (χ0) is 13.8. The molecule has 1 fully saturated rings. The van der Waals surface area contributed by atoms with Crippen LogP contribution in [0.25, 0.3) is 0 Å². The van der Waals surface area contributed by atoms with Crippen LogP contribution in [-0.2, 0) is 0 Å². The average molecular weight is 327 g/mol. The molecule has 1 saturated carbocycles. The topological polar surface area (TPSA) is 49.5 Å². The third-order valence-corrected chi connectivity index (χ3v) is 4.35. The third kappa shape index (κ3) is 3.78. The van der Waals surface area contributed by atoms with Crippen molar-refractivity contribution < 1.29 is 5.11 Å². The molecular formula is C15H23BrN2O. The van der Waals surface area contributed by atoms with Crippen LogP contribution in [0.1, 0.15) is 37.8 Å². The molecule has 1 aliphatic carbocycles. The normalized spacial score (nSPS) is 18.6. The lowest BCUT2D eigenvalue weighted by molar-refractivity contribution is 0.124. The Bertz CT molecular complexity index is 392. The van der Waals surface area contributed by atoms with E-state index in [9.17, 15) is 5.11 Å². The molecular weight excluding hydrogens is 304 g/mol. The molecule has 4 heteroatoms. The maximum absolute atomic E-state index is 9.32. The fraction of sp³-hybridized carbons (Fsp3) is 0.600. The van der Waals surface area contributed by atoms with E-state index in [4.69, 9.17) is 5.73 Å². The second kappa shape index (κ2) is 6.84. The standard InChI is InChI=1S/C15H23BrN2O/c1-2-14(17)15(11-3-5-12(16)6-4-11)18(9-10-19)13-7-8-13/h3-6,13-15,19H,2,7-10,17H2,1H3. The van der Waals surface area contributed by atoms with Gasteiger partial charge in [-0.1, -0.05) is 35.0 Å². The number of nitrogens with zero attached hydrogens (tertiary/aromatic N) is 1. The van der Waals surface area contributed by atoms with Crippen LogP contribution < -0.4 is 5.73 Å². The Morgan fingerprint density at radius 3 is 2.47 bits per heavy atom. The predicted molar refractivity (Wildman–Crippen MR) is 82.0 cm³/mol. The molecule has 1 aromatic rings. The van der Waals surface area contributed by atoms with E-state index in [1.54, 1.807) is 0 Å². The van der Waals surface area contributed by atoms with Gasteiger partial charge in [-0.25, -0.2) is 0 Å². The largest absolute Gasteiger partial charge is 0.395 e. The monoisotopic (exact) mass is 326 g/mol. The quantitative estimate of drug-likeness (QED) is 0.809. The van der Waals surface area contributed by atoms with E-state index >= 15 is 0 Å². The summed E-state index contributed by atoms with van der Waals surface area (Å²) >= 11 is 3.47. The van der Waals surface area contributed by atoms with Crippen LogP contribution in [0.4, 0.5) is 0 Å². The molecule has 2 unspecified atom stereocenters. The number of hydrogen-bond acceptors (Lipinski definition) is 3. The molecule has 0 amide bonds. The van der Waals surface area contributed by atoms with Gasteiger partial charge in [0.05, 0.1) is 12.6 Å². The minimum absolute atomic E-state index is 0.105. The first kappa shape index (κ1) is 15.0. The molecule has 0 aliphatic heterocycles. The van der Waals surface area contributed by atoms with Crippen molar-refractivity contribution in [2.45, 2.75) is 44.3 Å². The van der Waals surface area contributed by atoms with E-state index in [2.05, 4.69) is 52.0 Å². The van der Waals surface area contributed by atoms with Crippen LogP contribution in [0, 0.1) is 0 Å². The maximum Gasteiger partial charge on any atom is 0.0558 e. The van der Waals surface area contributed by atoms with Crippen molar-refractivity contribution in [2.75, 3.05) is 13.2 Å². The van der Waals surface area contributed by atoms with Gasteiger partial charge in [-0.15, -0.1) is 0 Å². The summed E-state index contributed by atoms with van der Waals surface area (Å²) < 4.78 is 1.08. The SMILES string of the molecule is CCC(N)C(c1ccc(Br)cc1)N(CCO)C1CC1. The third-order valence-electron chi connectivity index (χ3n) is 3.82. The van der Waals surface area contributed by atoms with Crippen LogP contribution in [-0.4, -0.2) is 35.2 Å². The lowest BCUT2D eigenvalue weighted by Gasteiger charge is -2.35. The summed E-state index contributed by atoms with van der Waals surface area (Å²) in [7, 11) is 0. The molecule has 0 aromatic heterocycles. The van der Waals surface area contributed by atoms with E-state index in [1.165, 1.54) is 18.4 Å². The zero-order valence-corrected chi connectivity index (χ0v) is 13.0. The first-order valence-electron chi connectivity index (χ1n) is 7.05. The molecule has 106 valence electrons. The van der Waals surface area contributed by atoms with Crippen LogP contribution in [0.3, 0.4) is 0 Å². The van der Waals surface area contributed by atoms with Gasteiger partial charge in [-0.3, -0.25) is 4.90 Å². The predicted octanol–water partition coefficient (Wildman–Crippen LogP) is 2.68. The van der Waals surface area contributed by atoms with E-state index in [-0.39, 0.29) is 18.7 Å². The minimum atomic E-state index is 0.105. The highest BCUT2D eigenvalue weighted by Gasteiger charge is 2.36. The molecule has 1 aliphatic rings. The van der Waals surface area contributed by atoms with E-state index in [0.29, 0.717) is 12.6 Å². The van der Waals surface area contributed by atoms with Crippen LogP contribution in [0.15, 0.2) is 28.7 Å². The van der Waals surface area contributed by atoms with Crippen LogP contribution in [0.2, 0.25) is 0 Å². The van der Waals surface area contributed by atoms with Crippen LogP contribution >= 0.6 is 15.9 Å². The molecule has 2 atom stereocenters. The summed E-state index contributed by atoms with van der Waals surface area (Å²) in [6.45, 7) is 3.03. The van der Waals surface area contributed by atoms with Crippen molar-refractivity contribution >= 4 is 15.9 Å². The summed E-state index contributed by atoms with van der Waals surface area (Å²) in [6.07, 6.45) is 3.39. The smallest absolute Gasteiger partial charge is 0.0558 e. The van der Waals surface area contributed by atoms with E-state index < -0.39 is 0 Å². The highest BCUT2D eigenvalue weighted by Crippen LogP contribution is 2.36. The Morgan fingerprint density at radius 2 is 2.00 bits per heavy atom. The van der Waals surface area contributed by atoms with Crippen molar-refractivity contribution in [3.63, 3.8) is 0 Å². The van der Waals surface area contributed by atoms with Crippen molar-refractivity contribution in [3.8, 4) is 0 Å². The van der Waals surface area contributed by atoms with Crippen molar-refractivity contribution in [1.29, 1.82) is 0 Å². The van der Waals surface area contributed by atoms with Crippen molar-refractivity contribution in [2.24, 2.45) is 5.73 Å². The lowest BCUT2D eigenvalue weighted by atomic mass is 9.96. The maximum atomic E-state index is 9.32. The molecule has 3 N–H and O–H groups in total. The number of benzene rings is 1. The zero-order valence-electron chi connectivity index (χ0n) is 11.4. The molecule has 0 spiro atoms. The average Bonchev–Trinajstić information content (AvgIpc) is 3.24. The number of aliphatic hydroxyl groups excluding tert-OH is 1. The van der Waals surface area contributed by atoms with Gasteiger partial charge in [0.1, 0.15) is 0 Å². The number of halogens is 1. The molecule has 3 nitrogen and oxygen atoms in total. The molecule has 19 heavy (non-hydrogen) atoms. The van der Waals surface area contributed by atoms with Crippen molar-refractivity contribution in [3.05, 3.63) is 34.3 Å². The molecule has 0 heterocycles. The number of aliphatic hydroxyl groups is 1. The van der Waals surface area contributed by atoms with Gasteiger partial charge in [0.25, 0.3) is 0 Å². The fourth-order valence-corrected chi connectivity index (χ4v) is 2.90. The van der Waals surface area contributed by atoms with Crippen molar-refractivity contribution in [1.82, 2.24) is 4.90 Å². The Labute approximate surface area is 123 Å². The van der Waals surface area contributed by atoms with E-state index in [1.807, 2.05) is 0 Å². The second-order valence-electron chi connectivity index (χ2n) is 5.26. The molecule has 2 rings (SSSR count). The summed E-state index contributed by atoms with van der Waals surface area (Å²) in [5.74, 6) is 0. The van der Waals surface area contributed by atoms with Gasteiger partial charge in [0.15, 0.2) is 0 Å². The van der Waals surface area contributed by atoms with Gasteiger partial charge in [-0.05, 0) is 37.0 Å². The Morgan fingerprint density at radius 1 is 1.37 bits per heavy atom. The first-order valence-corrected chi connectivity index (χ1v) is 7.84. The summed E-state index contributed by atoms with van der Waals surface area (Å²) in [4.78, 5) is 2.39. The highest BCUT2D eigenvalue weighted by atomic mass is 79.9. The number of hydrogen-bond donors (Lipinski definition) is 2. The molecule has 0 radical (unpaired) electrons. The lowest BCUT2D eigenvalue weighted by Crippen LogP contribution is -2.43. The molecule has 0 saturated heterocycles. The van der Waals surface area contributed by atoms with Gasteiger partial charge in [0, 0.05) is 23.1 Å². The molecule has 0 bridgehead atoms. The summed E-state index contributed by atoms with van der Waals surface area (Å²) in [5.41, 5.74) is 7.60. The van der Waals surface area contributed by atoms with Gasteiger partial charge in [-0.2, -0.15) is 0 Å². The van der Waals surface area contributed by atoms with Gasteiger partial charge in [0.2, 0.25) is 0 Å². The summed E-state index contributed by atoms with van der Waals surface area (Å²) in [5, 5.41) is 9.32. The number of rotatable bonds is 7. The first-order chi connectivity index (χ1) is 9.17. The second-order valence-corrected chi connectivity index (χ2v) is 6.18. The summed E-state index contributed by atoms with van der Waals surface area (Å²) in [6, 6.07) is 9.31. The molecule has 1 aromatic carbocycles. The highest BCUT2D eigenvalue weighted by molar-refractivity contribution is 9.10. The Kier molecular flexibility index (Phi) is 5.39. The minimum Gasteiger partial charge on any atom is -0.395 e. The van der Waals surface area contributed by atoms with E-state index in [0.717, 1.165) is 10.9 Å².